The zero-order chi connectivity index (χ0) is 16.0. The Morgan fingerprint density at radius 2 is 1.90 bits per heavy atom. The molecule has 0 aliphatic rings. The van der Waals surface area contributed by atoms with Crippen LogP contribution in [0.15, 0.2) is 28.7 Å². The number of rotatable bonds is 6. The lowest BCUT2D eigenvalue weighted by atomic mass is 10.1. The lowest BCUT2D eigenvalue weighted by Crippen LogP contribution is -2.47. The van der Waals surface area contributed by atoms with E-state index in [1.54, 1.807) is 13.0 Å². The van der Waals surface area contributed by atoms with Crippen molar-refractivity contribution in [1.29, 1.82) is 0 Å². The van der Waals surface area contributed by atoms with E-state index >= 15 is 0 Å². The molecule has 1 unspecified atom stereocenters. The van der Waals surface area contributed by atoms with Crippen molar-refractivity contribution in [3.8, 4) is 0 Å². The second-order valence-electron chi connectivity index (χ2n) is 4.38. The molecule has 4 N–H and O–H groups in total. The number of amides is 2. The van der Waals surface area contributed by atoms with Gasteiger partial charge < -0.3 is 20.8 Å². The van der Waals surface area contributed by atoms with E-state index in [0.717, 1.165) is 10.0 Å². The molecule has 0 bridgehead atoms. The largest absolute Gasteiger partial charge is 0.481 e. The minimum Gasteiger partial charge on any atom is -0.481 e. The fourth-order valence-electron chi connectivity index (χ4n) is 1.63. The van der Waals surface area contributed by atoms with Crippen LogP contribution < -0.4 is 10.6 Å². The molecule has 0 fully saturated rings. The summed E-state index contributed by atoms with van der Waals surface area (Å²) in [6.45, 7) is 1.73. The highest BCUT2D eigenvalue weighted by Gasteiger charge is 2.23. The molecule has 1 rings (SSSR count). The van der Waals surface area contributed by atoms with Crippen LogP contribution in [0.2, 0.25) is 0 Å². The molecule has 2 amide bonds. The average Bonchev–Trinajstić information content (AvgIpc) is 2.37. The third kappa shape index (κ3) is 5.82. The van der Waals surface area contributed by atoms with E-state index < -0.39 is 30.4 Å². The van der Waals surface area contributed by atoms with E-state index in [1.165, 1.54) is 0 Å². The first-order chi connectivity index (χ1) is 9.79. The van der Waals surface area contributed by atoms with Crippen LogP contribution in [0.25, 0.3) is 0 Å². The highest BCUT2D eigenvalue weighted by Crippen LogP contribution is 2.17. The Bertz CT molecular complexity index is 549. The van der Waals surface area contributed by atoms with Gasteiger partial charge in [-0.15, -0.1) is 0 Å². The van der Waals surface area contributed by atoms with Crippen LogP contribution in [0.3, 0.4) is 0 Å². The number of aliphatic carboxylic acids is 2. The Hall–Kier alpha value is -2.09. The molecule has 0 aromatic heterocycles. The first-order valence-electron chi connectivity index (χ1n) is 6.06. The predicted molar refractivity (Wildman–Crippen MR) is 77.9 cm³/mol. The van der Waals surface area contributed by atoms with Gasteiger partial charge in [-0.1, -0.05) is 28.1 Å². The van der Waals surface area contributed by atoms with Crippen LogP contribution in [0.4, 0.5) is 4.79 Å². The summed E-state index contributed by atoms with van der Waals surface area (Å²) in [7, 11) is 0. The average molecular weight is 359 g/mol. The maximum absolute atomic E-state index is 11.7. The molecule has 1 aromatic carbocycles. The van der Waals surface area contributed by atoms with E-state index in [1.807, 2.05) is 18.2 Å². The summed E-state index contributed by atoms with van der Waals surface area (Å²) < 4.78 is 0.850. The second-order valence-corrected chi connectivity index (χ2v) is 5.30. The summed E-state index contributed by atoms with van der Waals surface area (Å²) in [4.78, 5) is 33.1. The van der Waals surface area contributed by atoms with Gasteiger partial charge in [-0.05, 0) is 24.6 Å². The van der Waals surface area contributed by atoms with Gasteiger partial charge in [0.2, 0.25) is 0 Å². The molecular formula is C13H15BrN2O5. The van der Waals surface area contributed by atoms with Gasteiger partial charge in [0, 0.05) is 4.47 Å². The van der Waals surface area contributed by atoms with Gasteiger partial charge in [0.1, 0.15) is 6.04 Å². The lowest BCUT2D eigenvalue weighted by Gasteiger charge is -2.18. The third-order valence-electron chi connectivity index (χ3n) is 2.68. The van der Waals surface area contributed by atoms with Crippen molar-refractivity contribution in [3.63, 3.8) is 0 Å². The van der Waals surface area contributed by atoms with Crippen LogP contribution in [0.5, 0.6) is 0 Å². The van der Waals surface area contributed by atoms with Crippen molar-refractivity contribution in [1.82, 2.24) is 10.6 Å². The summed E-state index contributed by atoms with van der Waals surface area (Å²) in [5.41, 5.74) is 0.824. The number of carboxylic acid groups (broad SMARTS) is 2. The number of hydrogen-bond donors (Lipinski definition) is 4. The molecule has 0 saturated carbocycles. The fourth-order valence-corrected chi connectivity index (χ4v) is 2.05. The summed E-state index contributed by atoms with van der Waals surface area (Å²) in [6, 6.07) is 4.69. The minimum absolute atomic E-state index is 0.359. The van der Waals surface area contributed by atoms with Crippen molar-refractivity contribution in [2.24, 2.45) is 0 Å². The van der Waals surface area contributed by atoms with Gasteiger partial charge in [0.15, 0.2) is 0 Å². The molecular weight excluding hydrogens is 344 g/mol. The van der Waals surface area contributed by atoms with Crippen molar-refractivity contribution >= 4 is 33.9 Å². The van der Waals surface area contributed by atoms with Gasteiger partial charge in [-0.25, -0.2) is 9.59 Å². The molecule has 8 heteroatoms. The molecule has 21 heavy (non-hydrogen) atoms. The number of carbonyl (C=O) groups is 3. The zero-order valence-electron chi connectivity index (χ0n) is 11.2. The van der Waals surface area contributed by atoms with Crippen molar-refractivity contribution in [3.05, 3.63) is 34.3 Å². The molecule has 0 radical (unpaired) electrons. The number of carbonyl (C=O) groups excluding carboxylic acids is 1. The Kier molecular flexibility index (Phi) is 6.16. The topological polar surface area (TPSA) is 116 Å². The first kappa shape index (κ1) is 17.0. The number of hydrogen-bond acceptors (Lipinski definition) is 3. The van der Waals surface area contributed by atoms with E-state index in [-0.39, 0.29) is 6.04 Å². The van der Waals surface area contributed by atoms with Crippen molar-refractivity contribution in [2.45, 2.75) is 25.4 Å². The standard InChI is InChI=1S/C13H15BrN2O5/c1-7(8-3-2-4-9(14)5-8)15-13(21)16-10(12(19)20)6-11(17)18/h2-5,7,10H,6H2,1H3,(H,17,18)(H,19,20)(H2,15,16,21)/t7?,10-/m0/s1. The maximum atomic E-state index is 11.7. The van der Waals surface area contributed by atoms with Crippen LogP contribution in [-0.2, 0) is 9.59 Å². The normalized spacial score (nSPS) is 13.0. The summed E-state index contributed by atoms with van der Waals surface area (Å²) in [6.07, 6.45) is -0.686. The maximum Gasteiger partial charge on any atom is 0.326 e. The van der Waals surface area contributed by atoms with Crippen LogP contribution in [0.1, 0.15) is 24.9 Å². The molecule has 0 spiro atoms. The van der Waals surface area contributed by atoms with E-state index in [4.69, 9.17) is 10.2 Å². The number of nitrogens with one attached hydrogen (secondary N) is 2. The molecule has 0 aliphatic carbocycles. The smallest absolute Gasteiger partial charge is 0.326 e. The summed E-state index contributed by atoms with van der Waals surface area (Å²) >= 11 is 3.31. The van der Waals surface area contributed by atoms with Gasteiger partial charge in [-0.2, -0.15) is 0 Å². The summed E-state index contributed by atoms with van der Waals surface area (Å²) in [5, 5.41) is 22.1. The molecule has 114 valence electrons. The molecule has 1 aromatic rings. The second kappa shape index (κ2) is 7.63. The number of halogens is 1. The van der Waals surface area contributed by atoms with Gasteiger partial charge in [0.05, 0.1) is 12.5 Å². The lowest BCUT2D eigenvalue weighted by molar-refractivity contribution is -0.145. The summed E-state index contributed by atoms with van der Waals surface area (Å²) in [5.74, 6) is -2.70. The molecule has 0 saturated heterocycles. The number of urea groups is 1. The Morgan fingerprint density at radius 3 is 2.43 bits per heavy atom. The number of benzene rings is 1. The molecule has 2 atom stereocenters. The highest BCUT2D eigenvalue weighted by atomic mass is 79.9. The predicted octanol–water partition coefficient (Wildman–Crippen LogP) is 1.74. The Balaban J connectivity index is 2.63. The van der Waals surface area contributed by atoms with Crippen LogP contribution in [0, 0.1) is 0 Å². The highest BCUT2D eigenvalue weighted by molar-refractivity contribution is 9.10. The first-order valence-corrected chi connectivity index (χ1v) is 6.86. The van der Waals surface area contributed by atoms with Crippen molar-refractivity contribution < 1.29 is 24.6 Å². The Morgan fingerprint density at radius 1 is 1.24 bits per heavy atom. The van der Waals surface area contributed by atoms with E-state index in [2.05, 4.69) is 26.6 Å². The molecule has 0 aliphatic heterocycles. The monoisotopic (exact) mass is 358 g/mol. The molecule has 7 nitrogen and oxygen atoms in total. The van der Waals surface area contributed by atoms with E-state index in [0.29, 0.717) is 0 Å². The van der Waals surface area contributed by atoms with Gasteiger partial charge in [0.25, 0.3) is 0 Å². The van der Waals surface area contributed by atoms with Gasteiger partial charge in [-0.3, -0.25) is 4.79 Å². The minimum atomic E-state index is -1.47. The Labute approximate surface area is 129 Å². The van der Waals surface area contributed by atoms with Crippen LogP contribution in [-0.4, -0.2) is 34.2 Å². The number of carboxylic acids is 2. The zero-order valence-corrected chi connectivity index (χ0v) is 12.8. The quantitative estimate of drug-likeness (QED) is 0.618. The fraction of sp³-hybridized carbons (Fsp3) is 0.308. The van der Waals surface area contributed by atoms with Crippen LogP contribution >= 0.6 is 15.9 Å². The van der Waals surface area contributed by atoms with Crippen molar-refractivity contribution in [2.75, 3.05) is 0 Å². The SMILES string of the molecule is CC(NC(=O)N[C@@H](CC(=O)O)C(=O)O)c1cccc(Br)c1. The van der Waals surface area contributed by atoms with Gasteiger partial charge >= 0.3 is 18.0 Å². The molecule has 0 heterocycles. The third-order valence-corrected chi connectivity index (χ3v) is 3.17. The van der Waals surface area contributed by atoms with E-state index in [9.17, 15) is 14.4 Å².